The molecule has 2 aromatic rings. The number of carbonyl (C=O) groups is 1. The van der Waals surface area contributed by atoms with Crippen LogP contribution in [-0.4, -0.2) is 18.5 Å². The van der Waals surface area contributed by atoms with E-state index in [1.165, 1.54) is 11.1 Å². The lowest BCUT2D eigenvalue weighted by Gasteiger charge is -2.12. The average Bonchev–Trinajstić information content (AvgIpc) is 2.99. The number of rotatable bonds is 7. The van der Waals surface area contributed by atoms with E-state index >= 15 is 0 Å². The number of nitrogens with two attached hydrogens (primary N) is 1. The molecule has 1 aromatic carbocycles. The van der Waals surface area contributed by atoms with Crippen LogP contribution in [0, 0.1) is 0 Å². The van der Waals surface area contributed by atoms with Gasteiger partial charge in [-0.3, -0.25) is 4.79 Å². The van der Waals surface area contributed by atoms with Crippen molar-refractivity contribution in [1.82, 2.24) is 5.32 Å². The van der Waals surface area contributed by atoms with E-state index in [2.05, 4.69) is 28.9 Å². The van der Waals surface area contributed by atoms with E-state index in [0.29, 0.717) is 13.0 Å². The Balaban J connectivity index is 1.66. The summed E-state index contributed by atoms with van der Waals surface area (Å²) in [4.78, 5) is 11.9. The van der Waals surface area contributed by atoms with E-state index in [1.54, 1.807) is 11.3 Å². The zero-order chi connectivity index (χ0) is 14.2. The van der Waals surface area contributed by atoms with Gasteiger partial charge < -0.3 is 11.1 Å². The van der Waals surface area contributed by atoms with Crippen molar-refractivity contribution in [3.63, 3.8) is 0 Å². The fourth-order valence-electron chi connectivity index (χ4n) is 1.99. The highest BCUT2D eigenvalue weighted by atomic mass is 32.1. The number of carbonyl (C=O) groups excluding carboxylic acids is 1. The van der Waals surface area contributed by atoms with Gasteiger partial charge in [-0.05, 0) is 47.2 Å². The minimum absolute atomic E-state index is 0.0591. The summed E-state index contributed by atoms with van der Waals surface area (Å²) in [5.74, 6) is -0.0591. The van der Waals surface area contributed by atoms with Crippen molar-refractivity contribution in [2.24, 2.45) is 5.73 Å². The molecule has 1 atom stereocenters. The van der Waals surface area contributed by atoms with Crippen LogP contribution < -0.4 is 11.1 Å². The number of benzene rings is 1. The van der Waals surface area contributed by atoms with E-state index in [4.69, 9.17) is 5.73 Å². The van der Waals surface area contributed by atoms with Gasteiger partial charge in [-0.25, -0.2) is 0 Å². The monoisotopic (exact) mass is 288 g/mol. The van der Waals surface area contributed by atoms with Crippen molar-refractivity contribution in [2.45, 2.75) is 25.3 Å². The minimum atomic E-state index is -0.433. The Morgan fingerprint density at radius 3 is 2.65 bits per heavy atom. The lowest BCUT2D eigenvalue weighted by molar-refractivity contribution is -0.122. The largest absolute Gasteiger partial charge is 0.354 e. The number of amides is 1. The molecule has 0 spiro atoms. The maximum atomic E-state index is 11.9. The van der Waals surface area contributed by atoms with Gasteiger partial charge in [0, 0.05) is 6.54 Å². The van der Waals surface area contributed by atoms with E-state index in [1.807, 2.05) is 23.6 Å². The predicted molar refractivity (Wildman–Crippen MR) is 83.8 cm³/mol. The Hall–Kier alpha value is -1.65. The molecule has 0 radical (unpaired) electrons. The second kappa shape index (κ2) is 7.82. The van der Waals surface area contributed by atoms with Gasteiger partial charge in [-0.1, -0.05) is 30.3 Å². The van der Waals surface area contributed by atoms with Crippen molar-refractivity contribution in [3.05, 3.63) is 58.3 Å². The van der Waals surface area contributed by atoms with Crippen molar-refractivity contribution < 1.29 is 4.79 Å². The Morgan fingerprint density at radius 1 is 1.15 bits per heavy atom. The first-order chi connectivity index (χ1) is 9.75. The number of hydrogen-bond donors (Lipinski definition) is 2. The van der Waals surface area contributed by atoms with E-state index in [9.17, 15) is 4.79 Å². The molecule has 1 aromatic heterocycles. The molecule has 1 amide bonds. The molecule has 0 saturated heterocycles. The first-order valence-corrected chi connectivity index (χ1v) is 7.78. The average molecular weight is 288 g/mol. The quantitative estimate of drug-likeness (QED) is 0.822. The molecular weight excluding hydrogens is 268 g/mol. The lowest BCUT2D eigenvalue weighted by Crippen LogP contribution is -2.41. The zero-order valence-corrected chi connectivity index (χ0v) is 12.2. The fourth-order valence-corrected chi connectivity index (χ4v) is 2.70. The molecule has 1 heterocycles. The third kappa shape index (κ3) is 4.79. The molecule has 20 heavy (non-hydrogen) atoms. The number of thiophene rings is 1. The van der Waals surface area contributed by atoms with Gasteiger partial charge >= 0.3 is 0 Å². The van der Waals surface area contributed by atoms with Crippen LogP contribution in [0.2, 0.25) is 0 Å². The summed E-state index contributed by atoms with van der Waals surface area (Å²) in [6.07, 6.45) is 2.37. The third-order valence-corrected chi connectivity index (χ3v) is 3.95. The third-order valence-electron chi connectivity index (χ3n) is 3.22. The topological polar surface area (TPSA) is 55.1 Å². The van der Waals surface area contributed by atoms with Crippen LogP contribution in [0.4, 0.5) is 0 Å². The van der Waals surface area contributed by atoms with Gasteiger partial charge in [0.1, 0.15) is 0 Å². The second-order valence-corrected chi connectivity index (χ2v) is 5.58. The van der Waals surface area contributed by atoms with Crippen molar-refractivity contribution in [2.75, 3.05) is 6.54 Å². The molecule has 3 nitrogen and oxygen atoms in total. The van der Waals surface area contributed by atoms with Gasteiger partial charge in [0.2, 0.25) is 5.91 Å². The Bertz CT molecular complexity index is 511. The van der Waals surface area contributed by atoms with Crippen LogP contribution in [0.25, 0.3) is 0 Å². The first kappa shape index (κ1) is 14.8. The molecule has 0 aliphatic heterocycles. The molecule has 0 bridgehead atoms. The summed E-state index contributed by atoms with van der Waals surface area (Å²) in [5.41, 5.74) is 8.39. The summed E-state index contributed by atoms with van der Waals surface area (Å²) in [7, 11) is 0. The smallest absolute Gasteiger partial charge is 0.236 e. The van der Waals surface area contributed by atoms with Crippen molar-refractivity contribution >= 4 is 17.2 Å². The molecule has 2 rings (SSSR count). The van der Waals surface area contributed by atoms with Gasteiger partial charge in [0.15, 0.2) is 0 Å². The summed E-state index contributed by atoms with van der Waals surface area (Å²) in [6, 6.07) is 11.7. The van der Waals surface area contributed by atoms with Gasteiger partial charge in [-0.2, -0.15) is 11.3 Å². The molecule has 0 aliphatic rings. The minimum Gasteiger partial charge on any atom is -0.354 e. The summed E-state index contributed by atoms with van der Waals surface area (Å²) < 4.78 is 0. The van der Waals surface area contributed by atoms with Crippen LogP contribution in [-0.2, 0) is 17.6 Å². The van der Waals surface area contributed by atoms with Crippen LogP contribution in [0.3, 0.4) is 0 Å². The first-order valence-electron chi connectivity index (χ1n) is 6.84. The maximum absolute atomic E-state index is 11.9. The molecule has 106 valence electrons. The predicted octanol–water partition coefficient (Wildman–Crippen LogP) is 2.37. The van der Waals surface area contributed by atoms with Gasteiger partial charge in [-0.15, -0.1) is 0 Å². The molecule has 4 heteroatoms. The lowest BCUT2D eigenvalue weighted by atomic mass is 10.1. The van der Waals surface area contributed by atoms with E-state index in [-0.39, 0.29) is 5.91 Å². The van der Waals surface area contributed by atoms with Crippen LogP contribution in [0.5, 0.6) is 0 Å². The number of hydrogen-bond acceptors (Lipinski definition) is 3. The second-order valence-electron chi connectivity index (χ2n) is 4.80. The highest BCUT2D eigenvalue weighted by Gasteiger charge is 2.12. The molecule has 0 saturated carbocycles. The van der Waals surface area contributed by atoms with Gasteiger partial charge in [0.25, 0.3) is 0 Å². The Morgan fingerprint density at radius 2 is 1.95 bits per heavy atom. The fraction of sp³-hybridized carbons (Fsp3) is 0.312. The van der Waals surface area contributed by atoms with Crippen LogP contribution >= 0.6 is 11.3 Å². The molecule has 3 N–H and O–H groups in total. The summed E-state index contributed by atoms with van der Waals surface area (Å²) in [6.45, 7) is 0.647. The van der Waals surface area contributed by atoms with E-state index in [0.717, 1.165) is 12.8 Å². The Kier molecular flexibility index (Phi) is 5.77. The molecule has 0 aliphatic carbocycles. The van der Waals surface area contributed by atoms with Crippen molar-refractivity contribution in [1.29, 1.82) is 0 Å². The molecule has 0 unspecified atom stereocenters. The normalized spacial score (nSPS) is 12.1. The highest BCUT2D eigenvalue weighted by Crippen LogP contribution is 2.06. The van der Waals surface area contributed by atoms with Gasteiger partial charge in [0.05, 0.1) is 6.04 Å². The molecular formula is C16H20N2OS. The maximum Gasteiger partial charge on any atom is 0.236 e. The summed E-state index contributed by atoms with van der Waals surface area (Å²) >= 11 is 1.67. The molecule has 0 fully saturated rings. The number of aryl methyl sites for hydroxylation is 1. The van der Waals surface area contributed by atoms with E-state index < -0.39 is 6.04 Å². The highest BCUT2D eigenvalue weighted by molar-refractivity contribution is 7.07. The zero-order valence-electron chi connectivity index (χ0n) is 11.4. The van der Waals surface area contributed by atoms with Crippen molar-refractivity contribution in [3.8, 4) is 0 Å². The number of nitrogens with one attached hydrogen (secondary N) is 1. The Labute approximate surface area is 123 Å². The standard InChI is InChI=1S/C16H20N2OS/c17-15(7-6-13-4-2-1-3-5-13)16(19)18-10-8-14-9-11-20-12-14/h1-5,9,11-12,15H,6-8,10,17H2,(H,18,19)/t15-/m0/s1. The summed E-state index contributed by atoms with van der Waals surface area (Å²) in [5, 5.41) is 7.04. The van der Waals surface area contributed by atoms with Crippen LogP contribution in [0.15, 0.2) is 47.2 Å². The SMILES string of the molecule is N[C@@H](CCc1ccccc1)C(=O)NCCc1ccsc1. The van der Waals surface area contributed by atoms with Crippen LogP contribution in [0.1, 0.15) is 17.5 Å².